The molecule has 8 aromatic rings. The first-order valence-electron chi connectivity index (χ1n) is 18.7. The molecule has 0 saturated heterocycles. The van der Waals surface area contributed by atoms with Crippen LogP contribution in [0.4, 0.5) is 0 Å². The first-order valence-corrected chi connectivity index (χ1v) is 26.0. The van der Waals surface area contributed by atoms with Crippen LogP contribution >= 0.6 is 0 Å². The Hall–Kier alpha value is -4.36. The van der Waals surface area contributed by atoms with E-state index in [0.717, 1.165) is 79.8 Å². The number of furan rings is 1. The summed E-state index contributed by atoms with van der Waals surface area (Å²) in [5.41, 5.74) is 13.7. The van der Waals surface area contributed by atoms with Gasteiger partial charge in [-0.05, 0) is 56.2 Å². The molecule has 4 heterocycles. The number of fused-ring (bicyclic) bond motifs is 4. The Balaban J connectivity index is 0.000000205. The number of rotatable bonds is 7. The first kappa shape index (κ1) is 39.3. The zero-order chi connectivity index (χ0) is 37.4. The topological polar surface area (TPSA) is 56.7 Å². The Morgan fingerprint density at radius 2 is 1.56 bits per heavy atom. The molecule has 4 aromatic heterocycles. The van der Waals surface area contributed by atoms with Gasteiger partial charge in [0, 0.05) is 37.6 Å². The van der Waals surface area contributed by atoms with Gasteiger partial charge in [0.2, 0.25) is 5.71 Å². The van der Waals surface area contributed by atoms with E-state index in [0.29, 0.717) is 11.6 Å². The van der Waals surface area contributed by atoms with E-state index in [1.54, 1.807) is 4.40 Å². The average Bonchev–Trinajstić information content (AvgIpc) is 3.70. The molecule has 0 fully saturated rings. The van der Waals surface area contributed by atoms with Gasteiger partial charge in [-0.3, -0.25) is 4.98 Å². The second kappa shape index (κ2) is 16.2. The maximum atomic E-state index is 6.46. The van der Waals surface area contributed by atoms with Gasteiger partial charge in [0.1, 0.15) is 0 Å². The molecule has 0 saturated carbocycles. The molecule has 0 aliphatic heterocycles. The molecule has 5 nitrogen and oxygen atoms in total. The number of pyridine rings is 2. The van der Waals surface area contributed by atoms with E-state index in [2.05, 4.69) is 136 Å². The first-order chi connectivity index (χ1) is 25.4. The Morgan fingerprint density at radius 3 is 2.24 bits per heavy atom. The van der Waals surface area contributed by atoms with Gasteiger partial charge in [-0.1, -0.05) is 48.2 Å². The van der Waals surface area contributed by atoms with Crippen LogP contribution in [-0.4, -0.2) is 32.8 Å². The molecule has 4 aromatic carbocycles. The molecule has 0 amide bonds. The molecule has 0 aliphatic rings. The van der Waals surface area contributed by atoms with Crippen molar-refractivity contribution in [3.05, 3.63) is 132 Å². The number of hydrogen-bond donors (Lipinski definition) is 0. The summed E-state index contributed by atoms with van der Waals surface area (Å²) in [5, 5.41) is 2.10. The Bertz CT molecular complexity index is 2560. The third-order valence-corrected chi connectivity index (χ3v) is 14.3. The van der Waals surface area contributed by atoms with Gasteiger partial charge in [0.05, 0.1) is 28.1 Å². The second-order valence-corrected chi connectivity index (χ2v) is 26.1. The van der Waals surface area contributed by atoms with E-state index in [4.69, 9.17) is 19.4 Å². The molecule has 0 unspecified atom stereocenters. The third kappa shape index (κ3) is 7.75. The van der Waals surface area contributed by atoms with E-state index in [1.165, 1.54) is 16.7 Å². The molecular formula is C47H48GeIrN4O-2. The standard InChI is InChI=1S/C29H24N3O.C18H24GeN.Ir/c1-5-32-24-12-7-6-11-22(24)30-28(32)21-14-13-19(4)26-20-15-16-23(31-29(20)33-27(21)26)25-17(2)9-8-10-18(25)3;1-14(2)11-16-12-18(15-9-7-6-8-10-15)20-13-17(16)19(3,4)5;/h6-13,15-16H,5H2,1-4H3;6-9,12-14H,11H2,1-5H3;/q2*-1;. The Kier molecular flexibility index (Phi) is 11.8. The minimum absolute atomic E-state index is 0. The number of aryl methyl sites for hydroxylation is 4. The van der Waals surface area contributed by atoms with E-state index < -0.39 is 13.3 Å². The van der Waals surface area contributed by atoms with Gasteiger partial charge >= 0.3 is 126 Å². The maximum absolute atomic E-state index is 6.46. The molecular weight excluding hydrogens is 901 g/mol. The SMILES string of the molecule is CC(C)Cc1cc(-c2[c-]cccc2)nc[c]1[Ge]([CH3])([CH3])[CH3].CCn1c(-c2[c-]cc(C)c3c2oc2nc(-c4c(C)cccc4C)ccc23)nc2ccccc21.[Ir]. The number of imidazole rings is 1. The number of hydrogen-bond acceptors (Lipinski definition) is 4. The number of para-hydroxylation sites is 2. The van der Waals surface area contributed by atoms with Gasteiger partial charge in [-0.15, -0.1) is 17.7 Å². The van der Waals surface area contributed by atoms with Crippen LogP contribution in [0, 0.1) is 38.8 Å². The van der Waals surface area contributed by atoms with Crippen LogP contribution in [0.15, 0.2) is 102 Å². The smallest absolute Gasteiger partial charge is 0.216 e. The van der Waals surface area contributed by atoms with Crippen LogP contribution in [-0.2, 0) is 33.1 Å². The number of benzene rings is 4. The number of nitrogens with zero attached hydrogens (tertiary/aromatic N) is 4. The molecule has 0 spiro atoms. The zero-order valence-electron chi connectivity index (χ0n) is 32.8. The van der Waals surface area contributed by atoms with Crippen molar-refractivity contribution in [1.29, 1.82) is 0 Å². The summed E-state index contributed by atoms with van der Waals surface area (Å²) in [5.74, 6) is 8.87. The molecule has 0 aliphatic carbocycles. The summed E-state index contributed by atoms with van der Waals surface area (Å²) in [6, 6.07) is 37.9. The molecule has 0 N–H and O–H groups in total. The molecule has 0 bridgehead atoms. The van der Waals surface area contributed by atoms with Crippen molar-refractivity contribution < 1.29 is 24.5 Å². The van der Waals surface area contributed by atoms with Crippen LogP contribution in [0.2, 0.25) is 17.3 Å². The summed E-state index contributed by atoms with van der Waals surface area (Å²) in [6.07, 6.45) is 3.27. The molecule has 277 valence electrons. The predicted molar refractivity (Wildman–Crippen MR) is 224 cm³/mol. The Labute approximate surface area is 336 Å². The van der Waals surface area contributed by atoms with Crippen LogP contribution in [0.1, 0.15) is 43.0 Å². The van der Waals surface area contributed by atoms with E-state index in [1.807, 2.05) is 36.4 Å². The second-order valence-electron chi connectivity index (χ2n) is 15.5. The normalized spacial score (nSPS) is 11.6. The van der Waals surface area contributed by atoms with Gasteiger partial charge in [-0.2, -0.15) is 0 Å². The average molecular weight is 950 g/mol. The Morgan fingerprint density at radius 1 is 0.815 bits per heavy atom. The van der Waals surface area contributed by atoms with Crippen molar-refractivity contribution in [2.75, 3.05) is 0 Å². The van der Waals surface area contributed by atoms with Crippen molar-refractivity contribution in [3.8, 4) is 33.9 Å². The molecule has 7 heteroatoms. The maximum Gasteiger partial charge on any atom is 0.216 e. The van der Waals surface area contributed by atoms with E-state index in [-0.39, 0.29) is 20.1 Å². The summed E-state index contributed by atoms with van der Waals surface area (Å²) in [6.45, 7) is 13.9. The van der Waals surface area contributed by atoms with Crippen LogP contribution in [0.25, 0.3) is 67.0 Å². The monoisotopic (exact) mass is 951 g/mol. The third-order valence-electron chi connectivity index (χ3n) is 9.95. The fourth-order valence-electron chi connectivity index (χ4n) is 7.46. The van der Waals surface area contributed by atoms with Gasteiger partial charge in [-0.25, -0.2) is 4.98 Å². The van der Waals surface area contributed by atoms with Crippen LogP contribution < -0.4 is 4.40 Å². The molecule has 8 rings (SSSR count). The van der Waals surface area contributed by atoms with Crippen LogP contribution in [0.5, 0.6) is 0 Å². The van der Waals surface area contributed by atoms with E-state index >= 15 is 0 Å². The predicted octanol–water partition coefficient (Wildman–Crippen LogP) is 11.7. The van der Waals surface area contributed by atoms with Gasteiger partial charge < -0.3 is 8.98 Å². The van der Waals surface area contributed by atoms with Crippen molar-refractivity contribution in [2.45, 2.75) is 71.8 Å². The van der Waals surface area contributed by atoms with Crippen molar-refractivity contribution in [3.63, 3.8) is 0 Å². The van der Waals surface area contributed by atoms with Crippen molar-refractivity contribution in [2.24, 2.45) is 5.92 Å². The zero-order valence-corrected chi connectivity index (χ0v) is 37.3. The molecule has 1 radical (unpaired) electrons. The summed E-state index contributed by atoms with van der Waals surface area (Å²) in [7, 11) is 0. The molecule has 0 atom stereocenters. The number of aromatic nitrogens is 4. The van der Waals surface area contributed by atoms with Crippen molar-refractivity contribution in [1.82, 2.24) is 19.5 Å². The fourth-order valence-corrected chi connectivity index (χ4v) is 10.8. The fraction of sp³-hybridized carbons (Fsp3) is 0.255. The quantitative estimate of drug-likeness (QED) is 0.118. The summed E-state index contributed by atoms with van der Waals surface area (Å²) >= 11 is -1.86. The summed E-state index contributed by atoms with van der Waals surface area (Å²) in [4.78, 5) is 14.6. The largest absolute Gasteiger partial charge is 0.486 e. The minimum Gasteiger partial charge on any atom is -0.486 e. The minimum atomic E-state index is -1.86. The molecule has 54 heavy (non-hydrogen) atoms. The summed E-state index contributed by atoms with van der Waals surface area (Å²) < 4.78 is 10.2. The van der Waals surface area contributed by atoms with Gasteiger partial charge in [0.15, 0.2) is 0 Å². The van der Waals surface area contributed by atoms with Crippen molar-refractivity contribution >= 4 is 50.8 Å². The van der Waals surface area contributed by atoms with Gasteiger partial charge in [0.25, 0.3) is 0 Å². The van der Waals surface area contributed by atoms with Crippen LogP contribution in [0.3, 0.4) is 0 Å². The van der Waals surface area contributed by atoms with E-state index in [9.17, 15) is 0 Å².